The molecule has 1 aromatic heterocycles. The summed E-state index contributed by atoms with van der Waals surface area (Å²) >= 11 is 5.98. The molecule has 0 fully saturated rings. The number of nitrogens with zero attached hydrogens (tertiary/aromatic N) is 2. The van der Waals surface area contributed by atoms with Crippen LogP contribution in [0.25, 0.3) is 10.9 Å². The van der Waals surface area contributed by atoms with Crippen molar-refractivity contribution in [3.05, 3.63) is 35.5 Å². The van der Waals surface area contributed by atoms with Gasteiger partial charge in [-0.3, -0.25) is 4.98 Å². The van der Waals surface area contributed by atoms with Crippen molar-refractivity contribution < 1.29 is 5.11 Å². The number of rotatable bonds is 7. The summed E-state index contributed by atoms with van der Waals surface area (Å²) in [5, 5.41) is 15.1. The first-order chi connectivity index (χ1) is 10.1. The summed E-state index contributed by atoms with van der Waals surface area (Å²) in [4.78, 5) is 6.51. The molecule has 0 saturated heterocycles. The van der Waals surface area contributed by atoms with E-state index in [0.29, 0.717) is 18.1 Å². The standard InChI is InChI=1S/C16H22ClN3O/c1-3-20(4-2)11-13(21)10-19-15-7-8-18-16-9-12(17)5-6-14(15)16/h5-9,13,21H,3-4,10-11H2,1-2H3,(H,18,19). The molecule has 1 unspecified atom stereocenters. The zero-order valence-electron chi connectivity index (χ0n) is 12.5. The van der Waals surface area contributed by atoms with Crippen molar-refractivity contribution in [3.8, 4) is 0 Å². The van der Waals surface area contributed by atoms with Crippen molar-refractivity contribution in [2.75, 3.05) is 31.5 Å². The zero-order valence-corrected chi connectivity index (χ0v) is 13.3. The van der Waals surface area contributed by atoms with Crippen LogP contribution in [-0.4, -0.2) is 47.3 Å². The predicted molar refractivity (Wildman–Crippen MR) is 89.0 cm³/mol. The summed E-state index contributed by atoms with van der Waals surface area (Å²) in [5.74, 6) is 0. The number of aliphatic hydroxyl groups is 1. The Hall–Kier alpha value is -1.36. The average Bonchev–Trinajstić information content (AvgIpc) is 2.50. The van der Waals surface area contributed by atoms with Crippen LogP contribution in [0.5, 0.6) is 0 Å². The molecule has 0 aliphatic heterocycles. The van der Waals surface area contributed by atoms with E-state index in [1.54, 1.807) is 6.20 Å². The van der Waals surface area contributed by atoms with Crippen LogP contribution in [0.2, 0.25) is 5.02 Å². The molecule has 2 N–H and O–H groups in total. The van der Waals surface area contributed by atoms with Gasteiger partial charge in [-0.25, -0.2) is 0 Å². The van der Waals surface area contributed by atoms with Crippen LogP contribution in [-0.2, 0) is 0 Å². The third-order valence-electron chi connectivity index (χ3n) is 3.60. The third-order valence-corrected chi connectivity index (χ3v) is 3.83. The molecule has 1 atom stereocenters. The molecule has 0 spiro atoms. The van der Waals surface area contributed by atoms with Gasteiger partial charge in [0, 0.05) is 35.4 Å². The molecule has 2 rings (SSSR count). The summed E-state index contributed by atoms with van der Waals surface area (Å²) in [5.41, 5.74) is 1.82. The molecule has 0 radical (unpaired) electrons. The lowest BCUT2D eigenvalue weighted by molar-refractivity contribution is 0.128. The van der Waals surface area contributed by atoms with Crippen LogP contribution in [0.3, 0.4) is 0 Å². The second-order valence-corrected chi connectivity index (χ2v) is 5.48. The van der Waals surface area contributed by atoms with Crippen LogP contribution in [0, 0.1) is 0 Å². The van der Waals surface area contributed by atoms with Gasteiger partial charge in [0.25, 0.3) is 0 Å². The van der Waals surface area contributed by atoms with Gasteiger partial charge in [0.15, 0.2) is 0 Å². The minimum atomic E-state index is -0.402. The number of anilines is 1. The van der Waals surface area contributed by atoms with Crippen molar-refractivity contribution >= 4 is 28.2 Å². The van der Waals surface area contributed by atoms with Crippen LogP contribution >= 0.6 is 11.6 Å². The first-order valence-electron chi connectivity index (χ1n) is 7.32. The number of aromatic nitrogens is 1. The number of fused-ring (bicyclic) bond motifs is 1. The molecule has 0 bridgehead atoms. The highest BCUT2D eigenvalue weighted by atomic mass is 35.5. The Morgan fingerprint density at radius 1 is 1.29 bits per heavy atom. The molecule has 4 nitrogen and oxygen atoms in total. The first kappa shape index (κ1) is 16.0. The fraction of sp³-hybridized carbons (Fsp3) is 0.438. The summed E-state index contributed by atoms with van der Waals surface area (Å²) in [6, 6.07) is 7.56. The molecule has 0 saturated carbocycles. The molecule has 21 heavy (non-hydrogen) atoms. The third kappa shape index (κ3) is 4.30. The van der Waals surface area contributed by atoms with E-state index in [-0.39, 0.29) is 0 Å². The average molecular weight is 308 g/mol. The maximum Gasteiger partial charge on any atom is 0.0839 e. The fourth-order valence-corrected chi connectivity index (χ4v) is 2.51. The van der Waals surface area contributed by atoms with E-state index in [9.17, 15) is 5.11 Å². The summed E-state index contributed by atoms with van der Waals surface area (Å²) in [6.07, 6.45) is 1.35. The number of hydrogen-bond donors (Lipinski definition) is 2. The molecule has 1 heterocycles. The van der Waals surface area contributed by atoms with Crippen LogP contribution < -0.4 is 5.32 Å². The number of likely N-dealkylation sites (N-methyl/N-ethyl adjacent to an activating group) is 1. The van der Waals surface area contributed by atoms with Crippen molar-refractivity contribution in [2.24, 2.45) is 0 Å². The fourth-order valence-electron chi connectivity index (χ4n) is 2.35. The highest BCUT2D eigenvalue weighted by Crippen LogP contribution is 2.24. The van der Waals surface area contributed by atoms with Gasteiger partial charge in [0.05, 0.1) is 11.6 Å². The summed E-state index contributed by atoms with van der Waals surface area (Å²) < 4.78 is 0. The molecule has 114 valence electrons. The molecule has 2 aromatic rings. The van der Waals surface area contributed by atoms with E-state index in [0.717, 1.165) is 29.7 Å². The first-order valence-corrected chi connectivity index (χ1v) is 7.70. The Balaban J connectivity index is 2.03. The Morgan fingerprint density at radius 2 is 2.05 bits per heavy atom. The molecule has 0 aliphatic rings. The summed E-state index contributed by atoms with van der Waals surface area (Å²) in [6.45, 7) is 7.29. The Kier molecular flexibility index (Phi) is 5.79. The SMILES string of the molecule is CCN(CC)CC(O)CNc1ccnc2cc(Cl)ccc12. The van der Waals surface area contributed by atoms with E-state index >= 15 is 0 Å². The van der Waals surface area contributed by atoms with Gasteiger partial charge in [-0.05, 0) is 37.4 Å². The van der Waals surface area contributed by atoms with Crippen LogP contribution in [0.1, 0.15) is 13.8 Å². The topological polar surface area (TPSA) is 48.4 Å². The van der Waals surface area contributed by atoms with Crippen LogP contribution in [0.4, 0.5) is 5.69 Å². The van der Waals surface area contributed by atoms with Gasteiger partial charge < -0.3 is 15.3 Å². The molecule has 0 amide bonds. The van der Waals surface area contributed by atoms with Crippen molar-refractivity contribution in [1.82, 2.24) is 9.88 Å². The Morgan fingerprint density at radius 3 is 2.76 bits per heavy atom. The van der Waals surface area contributed by atoms with Gasteiger partial charge in [-0.15, -0.1) is 0 Å². The number of aliphatic hydroxyl groups excluding tert-OH is 1. The zero-order chi connectivity index (χ0) is 15.2. The van der Waals surface area contributed by atoms with E-state index in [1.165, 1.54) is 0 Å². The van der Waals surface area contributed by atoms with Crippen molar-refractivity contribution in [3.63, 3.8) is 0 Å². The van der Waals surface area contributed by atoms with Crippen LogP contribution in [0.15, 0.2) is 30.5 Å². The van der Waals surface area contributed by atoms with E-state index in [4.69, 9.17) is 11.6 Å². The minimum absolute atomic E-state index is 0.402. The second-order valence-electron chi connectivity index (χ2n) is 5.04. The van der Waals surface area contributed by atoms with Crippen molar-refractivity contribution in [1.29, 1.82) is 0 Å². The number of hydrogen-bond acceptors (Lipinski definition) is 4. The Bertz CT molecular complexity index is 587. The van der Waals surface area contributed by atoms with Gasteiger partial charge >= 0.3 is 0 Å². The lowest BCUT2D eigenvalue weighted by atomic mass is 10.2. The molecule has 0 aliphatic carbocycles. The highest BCUT2D eigenvalue weighted by Gasteiger charge is 2.09. The van der Waals surface area contributed by atoms with E-state index in [1.807, 2.05) is 24.3 Å². The number of halogens is 1. The van der Waals surface area contributed by atoms with E-state index < -0.39 is 6.10 Å². The minimum Gasteiger partial charge on any atom is -0.390 e. The maximum atomic E-state index is 10.1. The highest BCUT2D eigenvalue weighted by molar-refractivity contribution is 6.31. The lowest BCUT2D eigenvalue weighted by Gasteiger charge is -2.22. The number of nitrogens with one attached hydrogen (secondary N) is 1. The monoisotopic (exact) mass is 307 g/mol. The lowest BCUT2D eigenvalue weighted by Crippen LogP contribution is -2.35. The number of benzene rings is 1. The molecular formula is C16H22ClN3O. The normalized spacial score (nSPS) is 12.8. The van der Waals surface area contributed by atoms with Gasteiger partial charge in [0.1, 0.15) is 0 Å². The van der Waals surface area contributed by atoms with Gasteiger partial charge in [0.2, 0.25) is 0 Å². The second kappa shape index (κ2) is 7.59. The van der Waals surface area contributed by atoms with Crippen molar-refractivity contribution in [2.45, 2.75) is 20.0 Å². The quantitative estimate of drug-likeness (QED) is 0.825. The largest absolute Gasteiger partial charge is 0.390 e. The smallest absolute Gasteiger partial charge is 0.0839 e. The molecule has 5 heteroatoms. The number of pyridine rings is 1. The predicted octanol–water partition coefficient (Wildman–Crippen LogP) is 3.00. The van der Waals surface area contributed by atoms with E-state index in [2.05, 4.69) is 29.0 Å². The summed E-state index contributed by atoms with van der Waals surface area (Å²) in [7, 11) is 0. The van der Waals surface area contributed by atoms with Gasteiger partial charge in [-0.2, -0.15) is 0 Å². The molecule has 1 aromatic carbocycles. The molecular weight excluding hydrogens is 286 g/mol. The Labute approximate surface area is 130 Å². The van der Waals surface area contributed by atoms with Gasteiger partial charge in [-0.1, -0.05) is 25.4 Å². The maximum absolute atomic E-state index is 10.1.